The van der Waals surface area contributed by atoms with Crippen LogP contribution in [-0.2, 0) is 17.8 Å². The maximum absolute atomic E-state index is 12.0. The molecule has 0 radical (unpaired) electrons. The maximum Gasteiger partial charge on any atom is 0.407 e. The van der Waals surface area contributed by atoms with Crippen LogP contribution in [0.4, 0.5) is 10.6 Å². The standard InChI is InChI=1S/C28H34BrN5O2/c1-6-7-17(2)26-33-23-24(21-13-12-20(29)14-22(21)32-25(23)30)34(26)16-19-10-8-18(9-11-19)15-31-27(35)36-28(3,4)5/h8-14,17H,6-7,15-16H2,1-5H3,(H2,30,32)(H,31,35). The van der Waals surface area contributed by atoms with E-state index in [1.54, 1.807) is 0 Å². The van der Waals surface area contributed by atoms with Gasteiger partial charge in [0.25, 0.3) is 0 Å². The van der Waals surface area contributed by atoms with Gasteiger partial charge >= 0.3 is 6.09 Å². The fourth-order valence-corrected chi connectivity index (χ4v) is 4.78. The monoisotopic (exact) mass is 551 g/mol. The van der Waals surface area contributed by atoms with Crippen LogP contribution < -0.4 is 11.1 Å². The largest absolute Gasteiger partial charge is 0.444 e. The van der Waals surface area contributed by atoms with Crippen molar-refractivity contribution in [2.45, 2.75) is 72.1 Å². The fraction of sp³-hybridized carbons (Fsp3) is 0.393. The van der Waals surface area contributed by atoms with Gasteiger partial charge in [0.15, 0.2) is 5.82 Å². The van der Waals surface area contributed by atoms with E-state index in [9.17, 15) is 4.79 Å². The first-order valence-electron chi connectivity index (χ1n) is 12.3. The lowest BCUT2D eigenvalue weighted by molar-refractivity contribution is 0.0523. The molecule has 190 valence electrons. The molecule has 0 aliphatic carbocycles. The van der Waals surface area contributed by atoms with Crippen LogP contribution in [0.15, 0.2) is 46.9 Å². The smallest absolute Gasteiger partial charge is 0.407 e. The summed E-state index contributed by atoms with van der Waals surface area (Å²) in [6.07, 6.45) is 1.69. The number of benzene rings is 2. The predicted octanol–water partition coefficient (Wildman–Crippen LogP) is 6.91. The number of aromatic nitrogens is 3. The molecular formula is C28H34BrN5O2. The lowest BCUT2D eigenvalue weighted by Gasteiger charge is -2.19. The molecule has 36 heavy (non-hydrogen) atoms. The first kappa shape index (κ1) is 25.9. The van der Waals surface area contributed by atoms with Gasteiger partial charge in [0.2, 0.25) is 0 Å². The molecule has 0 bridgehead atoms. The predicted molar refractivity (Wildman–Crippen MR) is 149 cm³/mol. The van der Waals surface area contributed by atoms with Gasteiger partial charge in [-0.05, 0) is 56.5 Å². The number of amides is 1. The van der Waals surface area contributed by atoms with E-state index >= 15 is 0 Å². The van der Waals surface area contributed by atoms with E-state index in [0.717, 1.165) is 56.2 Å². The molecule has 0 fully saturated rings. The third kappa shape index (κ3) is 5.81. The number of rotatable bonds is 7. The Hall–Kier alpha value is -3.13. The average molecular weight is 553 g/mol. The summed E-state index contributed by atoms with van der Waals surface area (Å²) in [6.45, 7) is 11.0. The zero-order valence-electron chi connectivity index (χ0n) is 21.6. The van der Waals surface area contributed by atoms with Crippen molar-refractivity contribution in [3.8, 4) is 0 Å². The van der Waals surface area contributed by atoms with Crippen LogP contribution >= 0.6 is 15.9 Å². The average Bonchev–Trinajstić information content (AvgIpc) is 3.18. The number of pyridine rings is 1. The molecule has 4 rings (SSSR count). The Morgan fingerprint density at radius 2 is 1.83 bits per heavy atom. The molecule has 2 aromatic heterocycles. The number of anilines is 1. The number of hydrogen-bond acceptors (Lipinski definition) is 5. The van der Waals surface area contributed by atoms with Crippen LogP contribution in [0.2, 0.25) is 0 Å². The summed E-state index contributed by atoms with van der Waals surface area (Å²) in [6, 6.07) is 14.3. The number of nitrogen functional groups attached to an aromatic ring is 1. The molecule has 2 heterocycles. The molecular weight excluding hydrogens is 518 g/mol. The second-order valence-corrected chi connectivity index (χ2v) is 11.2. The fourth-order valence-electron chi connectivity index (χ4n) is 4.43. The number of nitrogens with two attached hydrogens (primary N) is 1. The minimum atomic E-state index is -0.521. The molecule has 0 spiro atoms. The molecule has 0 aliphatic heterocycles. The van der Waals surface area contributed by atoms with Gasteiger partial charge in [0.1, 0.15) is 16.9 Å². The van der Waals surface area contributed by atoms with Gasteiger partial charge in [0.05, 0.1) is 11.0 Å². The van der Waals surface area contributed by atoms with E-state index in [-0.39, 0.29) is 5.92 Å². The van der Waals surface area contributed by atoms with Crippen molar-refractivity contribution in [2.24, 2.45) is 0 Å². The van der Waals surface area contributed by atoms with E-state index in [1.165, 1.54) is 0 Å². The molecule has 0 saturated carbocycles. The Kier molecular flexibility index (Phi) is 7.54. The Labute approximate surface area is 220 Å². The highest BCUT2D eigenvalue weighted by Gasteiger charge is 2.21. The van der Waals surface area contributed by atoms with E-state index in [2.05, 4.69) is 62.8 Å². The zero-order chi connectivity index (χ0) is 26.0. The van der Waals surface area contributed by atoms with Crippen LogP contribution in [0.3, 0.4) is 0 Å². The molecule has 4 aromatic rings. The molecule has 2 aromatic carbocycles. The Balaban J connectivity index is 1.67. The quantitative estimate of drug-likeness (QED) is 0.260. The van der Waals surface area contributed by atoms with Crippen LogP contribution in [-0.4, -0.2) is 26.2 Å². The van der Waals surface area contributed by atoms with Gasteiger partial charge in [-0.2, -0.15) is 0 Å². The molecule has 7 nitrogen and oxygen atoms in total. The lowest BCUT2D eigenvalue weighted by atomic mass is 10.1. The minimum absolute atomic E-state index is 0.282. The zero-order valence-corrected chi connectivity index (χ0v) is 23.1. The highest BCUT2D eigenvalue weighted by atomic mass is 79.9. The van der Waals surface area contributed by atoms with E-state index in [4.69, 9.17) is 15.5 Å². The summed E-state index contributed by atoms with van der Waals surface area (Å²) in [5.74, 6) is 1.75. The van der Waals surface area contributed by atoms with Crippen molar-refractivity contribution in [3.05, 3.63) is 63.9 Å². The molecule has 8 heteroatoms. The summed E-state index contributed by atoms with van der Waals surface area (Å²) in [5.41, 5.74) is 10.6. The number of ether oxygens (including phenoxy) is 1. The van der Waals surface area contributed by atoms with E-state index < -0.39 is 11.7 Å². The van der Waals surface area contributed by atoms with Crippen LogP contribution in [0.1, 0.15) is 70.3 Å². The van der Waals surface area contributed by atoms with Gasteiger partial charge in [-0.1, -0.05) is 60.5 Å². The molecule has 1 unspecified atom stereocenters. The Bertz CT molecular complexity index is 1390. The second-order valence-electron chi connectivity index (χ2n) is 10.3. The van der Waals surface area contributed by atoms with E-state index in [0.29, 0.717) is 18.9 Å². The highest BCUT2D eigenvalue weighted by Crippen LogP contribution is 2.34. The van der Waals surface area contributed by atoms with Crippen LogP contribution in [0, 0.1) is 0 Å². The number of carbonyl (C=O) groups excluding carboxylic acids is 1. The van der Waals surface area contributed by atoms with Gasteiger partial charge in [-0.3, -0.25) is 0 Å². The number of halogens is 1. The van der Waals surface area contributed by atoms with Crippen molar-refractivity contribution in [1.29, 1.82) is 0 Å². The molecule has 0 aliphatic rings. The minimum Gasteiger partial charge on any atom is -0.444 e. The first-order chi connectivity index (χ1) is 17.1. The number of hydrogen-bond donors (Lipinski definition) is 2. The van der Waals surface area contributed by atoms with Gasteiger partial charge in [0, 0.05) is 28.9 Å². The highest BCUT2D eigenvalue weighted by molar-refractivity contribution is 9.10. The molecule has 3 N–H and O–H groups in total. The topological polar surface area (TPSA) is 95.1 Å². The summed E-state index contributed by atoms with van der Waals surface area (Å²) in [5, 5.41) is 3.84. The normalized spacial score (nSPS) is 12.7. The van der Waals surface area contributed by atoms with Crippen molar-refractivity contribution in [2.75, 3.05) is 5.73 Å². The SMILES string of the molecule is CCCC(C)c1nc2c(N)nc3cc(Br)ccc3c2n1Cc1ccc(CNC(=O)OC(C)(C)C)cc1. The third-order valence-corrected chi connectivity index (χ3v) is 6.55. The number of fused-ring (bicyclic) bond motifs is 3. The van der Waals surface area contributed by atoms with Crippen molar-refractivity contribution >= 4 is 49.8 Å². The Morgan fingerprint density at radius 3 is 2.50 bits per heavy atom. The molecule has 0 saturated heterocycles. The summed E-state index contributed by atoms with van der Waals surface area (Å²) in [7, 11) is 0. The number of nitrogens with one attached hydrogen (secondary N) is 1. The number of nitrogens with zero attached hydrogens (tertiary/aromatic N) is 3. The van der Waals surface area contributed by atoms with Crippen molar-refractivity contribution in [1.82, 2.24) is 19.9 Å². The molecule has 1 atom stereocenters. The number of alkyl carbamates (subject to hydrolysis) is 1. The number of imidazole rings is 1. The van der Waals surface area contributed by atoms with Crippen molar-refractivity contribution < 1.29 is 9.53 Å². The third-order valence-electron chi connectivity index (χ3n) is 6.06. The maximum atomic E-state index is 12.0. The van der Waals surface area contributed by atoms with Crippen LogP contribution in [0.5, 0.6) is 0 Å². The summed E-state index contributed by atoms with van der Waals surface area (Å²) >= 11 is 3.55. The van der Waals surface area contributed by atoms with Gasteiger partial charge < -0.3 is 20.4 Å². The summed E-state index contributed by atoms with van der Waals surface area (Å²) < 4.78 is 8.57. The summed E-state index contributed by atoms with van der Waals surface area (Å²) in [4.78, 5) is 21.6. The number of carbonyl (C=O) groups is 1. The van der Waals surface area contributed by atoms with Crippen LogP contribution in [0.25, 0.3) is 21.9 Å². The second kappa shape index (κ2) is 10.5. The van der Waals surface area contributed by atoms with Gasteiger partial charge in [-0.25, -0.2) is 14.8 Å². The molecule has 1 amide bonds. The Morgan fingerprint density at radius 1 is 1.14 bits per heavy atom. The lowest BCUT2D eigenvalue weighted by Crippen LogP contribution is -2.32. The van der Waals surface area contributed by atoms with E-state index in [1.807, 2.05) is 45.0 Å². The van der Waals surface area contributed by atoms with Gasteiger partial charge in [-0.15, -0.1) is 0 Å². The van der Waals surface area contributed by atoms with Crippen molar-refractivity contribution in [3.63, 3.8) is 0 Å². The first-order valence-corrected chi connectivity index (χ1v) is 13.1.